The number of Topliss-reactive ketones (excluding diaryl/α,β-unsaturated/α-hetero) is 1. The Morgan fingerprint density at radius 3 is 2.50 bits per heavy atom. The number of fused-ring (bicyclic) bond motifs is 1. The third kappa shape index (κ3) is 6.47. The van der Waals surface area contributed by atoms with Gasteiger partial charge in [-0.25, -0.2) is 9.78 Å². The molecule has 2 saturated heterocycles. The normalized spacial score (nSPS) is 31.4. The maximum atomic E-state index is 12.3. The fourth-order valence-corrected chi connectivity index (χ4v) is 3.19. The van der Waals surface area contributed by atoms with Crippen LogP contribution in [0.2, 0.25) is 0 Å². The summed E-state index contributed by atoms with van der Waals surface area (Å²) in [5.41, 5.74) is 0. The standard InChI is InChI=1S/C19H32O9/c1-6-7-10-23-16-15(26-14(21)9-8-12(2)20)13(11-24-22-5)25-18-17(16)27-19(3,4)28-18/h13,15-18H,6-11H2,1-5H3/t13?,15-,16+,17?,18+/m1/s1. The molecule has 2 rings (SSSR count). The molecule has 5 atom stereocenters. The highest BCUT2D eigenvalue weighted by Gasteiger charge is 2.56. The first-order valence-corrected chi connectivity index (χ1v) is 9.74. The van der Waals surface area contributed by atoms with Gasteiger partial charge in [0.15, 0.2) is 18.2 Å². The second-order valence-corrected chi connectivity index (χ2v) is 7.44. The lowest BCUT2D eigenvalue weighted by atomic mass is 9.98. The van der Waals surface area contributed by atoms with E-state index in [9.17, 15) is 9.59 Å². The molecule has 28 heavy (non-hydrogen) atoms. The van der Waals surface area contributed by atoms with E-state index in [1.165, 1.54) is 14.0 Å². The molecule has 0 amide bonds. The number of ketones is 1. The third-order valence-corrected chi connectivity index (χ3v) is 4.52. The van der Waals surface area contributed by atoms with Crippen molar-refractivity contribution >= 4 is 11.8 Å². The van der Waals surface area contributed by atoms with E-state index in [1.807, 2.05) is 0 Å². The van der Waals surface area contributed by atoms with Crippen molar-refractivity contribution in [3.63, 3.8) is 0 Å². The van der Waals surface area contributed by atoms with Crippen molar-refractivity contribution in [1.29, 1.82) is 0 Å². The number of carbonyl (C=O) groups is 2. The largest absolute Gasteiger partial charge is 0.457 e. The Morgan fingerprint density at radius 1 is 1.11 bits per heavy atom. The molecule has 2 aliphatic rings. The molecular formula is C19H32O9. The van der Waals surface area contributed by atoms with E-state index in [1.54, 1.807) is 13.8 Å². The molecule has 9 nitrogen and oxygen atoms in total. The van der Waals surface area contributed by atoms with Gasteiger partial charge in [0.1, 0.15) is 30.7 Å². The van der Waals surface area contributed by atoms with Gasteiger partial charge in [-0.1, -0.05) is 13.3 Å². The molecule has 2 fully saturated rings. The SMILES string of the molecule is CCCCO[C@@H]1C2OC(C)(C)O[C@@H]2OC(COOC)[C@H]1OC(=O)CCC(C)=O. The van der Waals surface area contributed by atoms with Gasteiger partial charge >= 0.3 is 5.97 Å². The molecule has 2 heterocycles. The van der Waals surface area contributed by atoms with Crippen LogP contribution in [0.1, 0.15) is 53.4 Å². The van der Waals surface area contributed by atoms with E-state index in [4.69, 9.17) is 28.6 Å². The Bertz CT molecular complexity index is 522. The number of esters is 1. The number of hydrogen-bond acceptors (Lipinski definition) is 9. The average molecular weight is 404 g/mol. The second kappa shape index (κ2) is 10.6. The molecule has 0 N–H and O–H groups in total. The summed E-state index contributed by atoms with van der Waals surface area (Å²) in [6, 6.07) is 0. The van der Waals surface area contributed by atoms with Gasteiger partial charge < -0.3 is 28.5 Å². The molecule has 0 aromatic heterocycles. The first-order chi connectivity index (χ1) is 13.3. The third-order valence-electron chi connectivity index (χ3n) is 4.52. The summed E-state index contributed by atoms with van der Waals surface area (Å²) in [6.07, 6.45) is -1.39. The molecule has 0 saturated carbocycles. The summed E-state index contributed by atoms with van der Waals surface area (Å²) in [5.74, 6) is -1.45. The van der Waals surface area contributed by atoms with Gasteiger partial charge in [-0.2, -0.15) is 0 Å². The van der Waals surface area contributed by atoms with Crippen LogP contribution in [-0.2, 0) is 43.0 Å². The van der Waals surface area contributed by atoms with Crippen LogP contribution in [0.25, 0.3) is 0 Å². The van der Waals surface area contributed by atoms with E-state index in [0.717, 1.165) is 12.8 Å². The average Bonchev–Trinajstić information content (AvgIpc) is 2.93. The van der Waals surface area contributed by atoms with Crippen LogP contribution in [0.4, 0.5) is 0 Å². The van der Waals surface area contributed by atoms with Crippen LogP contribution in [0.3, 0.4) is 0 Å². The number of rotatable bonds is 11. The molecule has 2 unspecified atom stereocenters. The highest BCUT2D eigenvalue weighted by Crippen LogP contribution is 2.38. The number of hydrogen-bond donors (Lipinski definition) is 0. The molecule has 162 valence electrons. The zero-order valence-corrected chi connectivity index (χ0v) is 17.3. The molecule has 0 spiro atoms. The van der Waals surface area contributed by atoms with Crippen LogP contribution in [-0.4, -0.2) is 68.6 Å². The Hall–Kier alpha value is -1.10. The minimum Gasteiger partial charge on any atom is -0.457 e. The Labute approximate surface area is 165 Å². The predicted molar refractivity (Wildman–Crippen MR) is 96.1 cm³/mol. The monoisotopic (exact) mass is 404 g/mol. The van der Waals surface area contributed by atoms with Gasteiger partial charge in [-0.05, 0) is 27.2 Å². The molecule has 0 radical (unpaired) electrons. The summed E-state index contributed by atoms with van der Waals surface area (Å²) in [6.45, 7) is 7.55. The van der Waals surface area contributed by atoms with Crippen molar-refractivity contribution in [2.75, 3.05) is 20.3 Å². The minimum atomic E-state index is -0.859. The zero-order valence-electron chi connectivity index (χ0n) is 17.3. The van der Waals surface area contributed by atoms with Gasteiger partial charge in [0.05, 0.1) is 13.5 Å². The molecule has 2 aliphatic heterocycles. The van der Waals surface area contributed by atoms with Crippen molar-refractivity contribution in [1.82, 2.24) is 0 Å². The van der Waals surface area contributed by atoms with E-state index in [2.05, 4.69) is 11.8 Å². The Morgan fingerprint density at radius 2 is 1.86 bits per heavy atom. The van der Waals surface area contributed by atoms with Crippen molar-refractivity contribution in [2.45, 2.75) is 89.9 Å². The number of carbonyl (C=O) groups excluding carboxylic acids is 2. The maximum Gasteiger partial charge on any atom is 0.306 e. The molecule has 0 aliphatic carbocycles. The van der Waals surface area contributed by atoms with Gasteiger partial charge in [0.25, 0.3) is 0 Å². The molecule has 9 heteroatoms. The Kier molecular flexibility index (Phi) is 8.79. The highest BCUT2D eigenvalue weighted by molar-refractivity contribution is 5.81. The van der Waals surface area contributed by atoms with Gasteiger partial charge in [0.2, 0.25) is 0 Å². The van der Waals surface area contributed by atoms with E-state index in [-0.39, 0.29) is 25.2 Å². The number of ether oxygens (including phenoxy) is 5. The second-order valence-electron chi connectivity index (χ2n) is 7.44. The summed E-state index contributed by atoms with van der Waals surface area (Å²) >= 11 is 0. The minimum absolute atomic E-state index is 0.0116. The molecule has 0 aromatic carbocycles. The quantitative estimate of drug-likeness (QED) is 0.221. The summed E-state index contributed by atoms with van der Waals surface area (Å²) in [7, 11) is 1.38. The molecule has 0 aromatic rings. The first-order valence-electron chi connectivity index (χ1n) is 9.74. The van der Waals surface area contributed by atoms with Gasteiger partial charge in [-0.3, -0.25) is 4.79 Å². The summed E-state index contributed by atoms with van der Waals surface area (Å²) in [4.78, 5) is 33.2. The lowest BCUT2D eigenvalue weighted by Crippen LogP contribution is -2.60. The topological polar surface area (TPSA) is 98.8 Å². The van der Waals surface area contributed by atoms with E-state index in [0.29, 0.717) is 6.61 Å². The lowest BCUT2D eigenvalue weighted by Gasteiger charge is -2.41. The smallest absolute Gasteiger partial charge is 0.306 e. The van der Waals surface area contributed by atoms with Gasteiger partial charge in [0, 0.05) is 13.0 Å². The van der Waals surface area contributed by atoms with Crippen LogP contribution >= 0.6 is 0 Å². The number of unbranched alkanes of at least 4 members (excludes halogenated alkanes) is 1. The van der Waals surface area contributed by atoms with Crippen molar-refractivity contribution < 1.29 is 43.0 Å². The molecule has 0 bridgehead atoms. The Balaban J connectivity index is 2.18. The van der Waals surface area contributed by atoms with Crippen LogP contribution in [0, 0.1) is 0 Å². The van der Waals surface area contributed by atoms with Crippen LogP contribution < -0.4 is 0 Å². The predicted octanol–water partition coefficient (Wildman–Crippen LogP) is 1.91. The summed E-state index contributed by atoms with van der Waals surface area (Å²) in [5, 5.41) is 0. The van der Waals surface area contributed by atoms with Crippen molar-refractivity contribution in [3.05, 3.63) is 0 Å². The highest BCUT2D eigenvalue weighted by atomic mass is 17.2. The fraction of sp³-hybridized carbons (Fsp3) is 0.895. The zero-order chi connectivity index (χ0) is 20.7. The van der Waals surface area contributed by atoms with E-state index >= 15 is 0 Å². The van der Waals surface area contributed by atoms with Crippen LogP contribution in [0.15, 0.2) is 0 Å². The van der Waals surface area contributed by atoms with Gasteiger partial charge in [-0.15, -0.1) is 0 Å². The summed E-state index contributed by atoms with van der Waals surface area (Å²) < 4.78 is 29.5. The lowest BCUT2D eigenvalue weighted by molar-refractivity contribution is -0.325. The maximum absolute atomic E-state index is 12.3. The molecular weight excluding hydrogens is 372 g/mol. The first kappa shape index (κ1) is 23.2. The fourth-order valence-electron chi connectivity index (χ4n) is 3.19. The van der Waals surface area contributed by atoms with E-state index < -0.39 is 42.5 Å². The van der Waals surface area contributed by atoms with Crippen molar-refractivity contribution in [3.8, 4) is 0 Å². The van der Waals surface area contributed by atoms with Crippen LogP contribution in [0.5, 0.6) is 0 Å². The van der Waals surface area contributed by atoms with Crippen molar-refractivity contribution in [2.24, 2.45) is 0 Å².